The lowest BCUT2D eigenvalue weighted by Crippen LogP contribution is -2.53. The van der Waals surface area contributed by atoms with Gasteiger partial charge in [0.2, 0.25) is 17.7 Å². The van der Waals surface area contributed by atoms with Crippen LogP contribution in [-0.2, 0) is 63.9 Å². The molecule has 4 heterocycles. The number of esters is 2. The maximum Gasteiger partial charge on any atom is 0.410 e. The number of cyclic esters (lactones) is 1. The van der Waals surface area contributed by atoms with Crippen molar-refractivity contribution in [3.05, 3.63) is 77.9 Å². The van der Waals surface area contributed by atoms with Crippen LogP contribution in [-0.4, -0.2) is 166 Å². The maximum atomic E-state index is 13.9. The molecular formula is C61H88N6O16. The second-order valence-electron chi connectivity index (χ2n) is 23.0. The van der Waals surface area contributed by atoms with Gasteiger partial charge in [0.1, 0.15) is 30.4 Å². The van der Waals surface area contributed by atoms with Crippen LogP contribution in [0.15, 0.2) is 72.4 Å². The van der Waals surface area contributed by atoms with E-state index in [-0.39, 0.29) is 113 Å². The fourth-order valence-corrected chi connectivity index (χ4v) is 10.2. The van der Waals surface area contributed by atoms with Crippen molar-refractivity contribution in [1.29, 1.82) is 0 Å². The van der Waals surface area contributed by atoms with Crippen molar-refractivity contribution in [2.45, 2.75) is 188 Å². The number of hydrogen-bond acceptors (Lipinski definition) is 16. The van der Waals surface area contributed by atoms with Gasteiger partial charge in [-0.15, -0.1) is 0 Å². The molecule has 4 aliphatic rings. The monoisotopic (exact) mass is 1160 g/mol. The number of hydrogen-bond donors (Lipinski definition) is 5. The third-order valence-corrected chi connectivity index (χ3v) is 15.5. The van der Waals surface area contributed by atoms with Crippen LogP contribution in [0.1, 0.15) is 133 Å². The molecule has 5 rings (SSSR count). The van der Waals surface area contributed by atoms with Crippen LogP contribution in [0.4, 0.5) is 15.3 Å². The summed E-state index contributed by atoms with van der Waals surface area (Å²) in [6, 6.07) is 4.72. The van der Waals surface area contributed by atoms with Gasteiger partial charge >= 0.3 is 24.1 Å². The Hall–Kier alpha value is -6.91. The number of anilines is 1. The largest absolute Gasteiger partial charge is 0.457 e. The SMILES string of the molecule is CC[C@H](O)[C@@H](C)[C@H]1O[C@@H]1C[C@H](C)/C=C/C=C(\C)[C@H]1OC(=O)C[C@H](O)CC[C@@](C)(OC(C)=O)[C@@H](OC(=O)N2CCN(C(=O)OCc3ccc(NC(=O)[C@H](C)NC(=O)[C@@H](NC(=O)CCCCCN4C(=O)C=CC4=O)C(C)C)cc3)CC2)/C=C/[C@@H]1C. The lowest BCUT2D eigenvalue weighted by atomic mass is 9.88. The van der Waals surface area contributed by atoms with Crippen molar-refractivity contribution in [3.8, 4) is 0 Å². The molecule has 2 saturated heterocycles. The highest BCUT2D eigenvalue weighted by Gasteiger charge is 2.45. The number of amides is 7. The van der Waals surface area contributed by atoms with Crippen molar-refractivity contribution in [2.75, 3.05) is 38.0 Å². The highest BCUT2D eigenvalue weighted by atomic mass is 16.6. The normalized spacial score (nSPS) is 25.5. The third-order valence-electron chi connectivity index (χ3n) is 15.5. The van der Waals surface area contributed by atoms with Crippen molar-refractivity contribution < 1.29 is 77.0 Å². The molecule has 0 aliphatic carbocycles. The van der Waals surface area contributed by atoms with Crippen LogP contribution in [0.5, 0.6) is 0 Å². The summed E-state index contributed by atoms with van der Waals surface area (Å²) in [6.07, 6.45) is 9.96. The Labute approximate surface area is 487 Å². The molecule has 1 aromatic carbocycles. The average molecular weight is 1160 g/mol. The molecule has 22 nitrogen and oxygen atoms in total. The number of aliphatic hydroxyl groups excluding tert-OH is 2. The minimum absolute atomic E-state index is 0.0185. The van der Waals surface area contributed by atoms with Gasteiger partial charge in [-0.2, -0.15) is 0 Å². The molecule has 83 heavy (non-hydrogen) atoms. The molecule has 0 aromatic heterocycles. The van der Waals surface area contributed by atoms with E-state index in [1.54, 1.807) is 57.2 Å². The zero-order chi connectivity index (χ0) is 61.1. The van der Waals surface area contributed by atoms with E-state index in [0.717, 1.165) is 16.9 Å². The lowest BCUT2D eigenvalue weighted by Gasteiger charge is -2.38. The Bertz CT molecular complexity index is 2540. The van der Waals surface area contributed by atoms with E-state index in [4.69, 9.17) is 23.7 Å². The summed E-state index contributed by atoms with van der Waals surface area (Å²) in [5, 5.41) is 29.4. The third kappa shape index (κ3) is 20.7. The first-order valence-corrected chi connectivity index (χ1v) is 29.1. The van der Waals surface area contributed by atoms with Gasteiger partial charge in [0.05, 0.1) is 30.8 Å². The van der Waals surface area contributed by atoms with Crippen LogP contribution in [0.2, 0.25) is 0 Å². The lowest BCUT2D eigenvalue weighted by molar-refractivity contribution is -0.168. The molecule has 1 aromatic rings. The van der Waals surface area contributed by atoms with Gasteiger partial charge in [0.15, 0.2) is 6.10 Å². The minimum atomic E-state index is -1.45. The first-order chi connectivity index (χ1) is 39.3. The second kappa shape index (κ2) is 31.7. The van der Waals surface area contributed by atoms with E-state index in [9.17, 15) is 53.4 Å². The summed E-state index contributed by atoms with van der Waals surface area (Å²) in [4.78, 5) is 119. The molecule has 0 spiro atoms. The molecular weight excluding hydrogens is 1070 g/mol. The summed E-state index contributed by atoms with van der Waals surface area (Å²) >= 11 is 0. The van der Waals surface area contributed by atoms with E-state index in [2.05, 4.69) is 22.9 Å². The molecule has 4 aliphatic heterocycles. The molecule has 5 N–H and O–H groups in total. The highest BCUT2D eigenvalue weighted by molar-refractivity contribution is 6.12. The highest BCUT2D eigenvalue weighted by Crippen LogP contribution is 2.37. The van der Waals surface area contributed by atoms with Crippen molar-refractivity contribution in [2.24, 2.45) is 23.7 Å². The number of ether oxygens (including phenoxy) is 5. The van der Waals surface area contributed by atoms with Crippen LogP contribution in [0.3, 0.4) is 0 Å². The summed E-state index contributed by atoms with van der Waals surface area (Å²) < 4.78 is 29.4. The molecule has 0 bridgehead atoms. The minimum Gasteiger partial charge on any atom is -0.457 e. The standard InChI is InChI=1S/C61H88N6O16/c1-11-47(70)41(7)56-48(80-56)34-38(4)16-15-17-39(5)55-40(6)19-24-49(61(10,83-43(9)68)28-27-46(69)35-53(74)82-55)81-60(78)66-32-30-65(31-33-66)59(77)79-36-44-20-22-45(23-21-44)63-57(75)42(8)62-58(76)54(37(2)3)64-50(71)18-13-12-14-29-67-51(72)25-26-52(67)73/h15-17,19-26,37-38,40-42,46-49,54-56,69-70H,11-14,18,27-36H2,1-10H3,(H,62,76)(H,63,75)(H,64,71)/b16-15+,24-19+,39-17+/t38-,40+,41-,42+,46-,47+,48-,49+,54+,55-,56-,61-/m1/s1. The number of piperazine rings is 1. The quantitative estimate of drug-likeness (QED) is 0.0147. The van der Waals surface area contributed by atoms with Gasteiger partial charge in [-0.3, -0.25) is 38.5 Å². The van der Waals surface area contributed by atoms with Crippen molar-refractivity contribution >= 4 is 59.3 Å². The fourth-order valence-electron chi connectivity index (χ4n) is 10.2. The van der Waals surface area contributed by atoms with E-state index in [0.29, 0.717) is 36.9 Å². The van der Waals surface area contributed by atoms with Crippen molar-refractivity contribution in [1.82, 2.24) is 25.3 Å². The zero-order valence-corrected chi connectivity index (χ0v) is 49.8. The second-order valence-corrected chi connectivity index (χ2v) is 23.0. The molecule has 12 atom stereocenters. The van der Waals surface area contributed by atoms with Crippen LogP contribution >= 0.6 is 0 Å². The number of carbonyl (C=O) groups is 9. The molecule has 0 saturated carbocycles. The van der Waals surface area contributed by atoms with E-state index in [1.165, 1.54) is 35.8 Å². The topological polar surface area (TPSA) is 289 Å². The predicted molar refractivity (Wildman–Crippen MR) is 306 cm³/mol. The fraction of sp³-hybridized carbons (Fsp3) is 0.623. The van der Waals surface area contributed by atoms with E-state index in [1.807, 2.05) is 45.9 Å². The van der Waals surface area contributed by atoms with E-state index < -0.39 is 84.0 Å². The number of carbonyl (C=O) groups excluding carboxylic acids is 9. The Morgan fingerprint density at radius 3 is 2.14 bits per heavy atom. The number of allylic oxidation sites excluding steroid dienone is 3. The smallest absolute Gasteiger partial charge is 0.410 e. The van der Waals surface area contributed by atoms with Crippen LogP contribution in [0.25, 0.3) is 0 Å². The van der Waals surface area contributed by atoms with Crippen molar-refractivity contribution in [3.63, 3.8) is 0 Å². The van der Waals surface area contributed by atoms with Gasteiger partial charge in [0.25, 0.3) is 11.8 Å². The Balaban J connectivity index is 1.09. The number of unbranched alkanes of at least 4 members (excludes halogenated alkanes) is 2. The molecule has 22 heteroatoms. The zero-order valence-electron chi connectivity index (χ0n) is 49.8. The Morgan fingerprint density at radius 1 is 0.867 bits per heavy atom. The molecule has 458 valence electrons. The summed E-state index contributed by atoms with van der Waals surface area (Å²) in [7, 11) is 0. The number of epoxide rings is 1. The first-order valence-electron chi connectivity index (χ1n) is 29.1. The molecule has 0 unspecified atom stereocenters. The average Bonchev–Trinajstić information content (AvgIpc) is 4.38. The number of aliphatic hydroxyl groups is 2. The van der Waals surface area contributed by atoms with Crippen LogP contribution in [0, 0.1) is 23.7 Å². The van der Waals surface area contributed by atoms with Crippen LogP contribution < -0.4 is 16.0 Å². The Kier molecular flexibility index (Phi) is 25.5. The summed E-state index contributed by atoms with van der Waals surface area (Å²) in [5.41, 5.74) is 0.322. The molecule has 7 amide bonds. The number of rotatable bonds is 24. The maximum absolute atomic E-state index is 13.9. The number of nitrogens with one attached hydrogen (secondary N) is 3. The van der Waals surface area contributed by atoms with Gasteiger partial charge < -0.3 is 59.6 Å². The predicted octanol–water partition coefficient (Wildman–Crippen LogP) is 6.19. The number of imide groups is 1. The number of benzene rings is 1. The Morgan fingerprint density at radius 2 is 1.52 bits per heavy atom. The molecule has 2 fully saturated rings. The molecule has 0 radical (unpaired) electrons. The summed E-state index contributed by atoms with van der Waals surface area (Å²) in [6.45, 7) is 18.3. The van der Waals surface area contributed by atoms with Gasteiger partial charge in [0, 0.05) is 75.7 Å². The van der Waals surface area contributed by atoms with Gasteiger partial charge in [-0.25, -0.2) is 9.59 Å². The number of nitrogens with zero attached hydrogens (tertiary/aromatic N) is 3. The van der Waals surface area contributed by atoms with Gasteiger partial charge in [-0.05, 0) is 100 Å². The van der Waals surface area contributed by atoms with E-state index >= 15 is 0 Å². The first kappa shape index (κ1) is 66.9. The van der Waals surface area contributed by atoms with Gasteiger partial charge in [-0.1, -0.05) is 84.4 Å². The summed E-state index contributed by atoms with van der Waals surface area (Å²) in [5.74, 6) is -3.83.